The summed E-state index contributed by atoms with van der Waals surface area (Å²) in [7, 11) is -1.76. The predicted molar refractivity (Wildman–Crippen MR) is 117 cm³/mol. The van der Waals surface area contributed by atoms with Crippen molar-refractivity contribution in [2.45, 2.75) is 50.9 Å². The van der Waals surface area contributed by atoms with E-state index in [0.29, 0.717) is 30.5 Å². The van der Waals surface area contributed by atoms with Gasteiger partial charge in [0.05, 0.1) is 11.5 Å². The molecule has 1 aromatic carbocycles. The first kappa shape index (κ1) is 26.8. The molecule has 12 heteroatoms. The van der Waals surface area contributed by atoms with Crippen molar-refractivity contribution in [2.75, 3.05) is 5.32 Å². The molecule has 2 bridgehead atoms. The van der Waals surface area contributed by atoms with E-state index < -0.39 is 67.4 Å². The van der Waals surface area contributed by atoms with Gasteiger partial charge in [0.15, 0.2) is 0 Å². The van der Waals surface area contributed by atoms with E-state index in [1.807, 2.05) is 25.0 Å². The van der Waals surface area contributed by atoms with E-state index in [1.54, 1.807) is 6.08 Å². The lowest BCUT2D eigenvalue weighted by atomic mass is 9.83. The quantitative estimate of drug-likeness (QED) is 0.323. The van der Waals surface area contributed by atoms with Crippen LogP contribution in [-0.4, -0.2) is 32.1 Å². The highest BCUT2D eigenvalue weighted by Gasteiger charge is 2.56. The van der Waals surface area contributed by atoms with Crippen LogP contribution in [0.15, 0.2) is 29.8 Å². The summed E-state index contributed by atoms with van der Waals surface area (Å²) in [6.07, 6.45) is -7.74. The van der Waals surface area contributed by atoms with Gasteiger partial charge in [-0.2, -0.15) is 26.3 Å². The molecular weight excluding hydrogens is 497 g/mol. The number of fused-ring (bicyclic) bond motifs is 2. The molecule has 0 heterocycles. The van der Waals surface area contributed by atoms with Gasteiger partial charge in [0.2, 0.25) is 5.91 Å². The highest BCUT2D eigenvalue weighted by atomic mass is 28.3. The monoisotopic (exact) mass is 520 g/mol. The number of rotatable bonds is 3. The van der Waals surface area contributed by atoms with E-state index in [2.05, 4.69) is 16.8 Å². The number of carbonyl (C=O) groups is 2. The van der Waals surface area contributed by atoms with Gasteiger partial charge in [0, 0.05) is 17.6 Å². The Hall–Kier alpha value is -2.81. The van der Waals surface area contributed by atoms with Gasteiger partial charge in [-0.3, -0.25) is 9.59 Å². The normalized spacial score (nSPS) is 25.3. The van der Waals surface area contributed by atoms with Crippen molar-refractivity contribution in [3.63, 3.8) is 0 Å². The van der Waals surface area contributed by atoms with Crippen LogP contribution in [-0.2, 0) is 15.8 Å². The Kier molecular flexibility index (Phi) is 7.14. The van der Waals surface area contributed by atoms with Gasteiger partial charge in [0.25, 0.3) is 0 Å². The maximum Gasteiger partial charge on any atom is 0.471 e. The maximum absolute atomic E-state index is 13.6. The summed E-state index contributed by atoms with van der Waals surface area (Å²) in [6.45, 7) is 6.01. The van der Waals surface area contributed by atoms with Crippen molar-refractivity contribution < 1.29 is 40.3 Å². The lowest BCUT2D eigenvalue weighted by Gasteiger charge is -2.30. The zero-order valence-electron chi connectivity index (χ0n) is 19.0. The van der Waals surface area contributed by atoms with Crippen molar-refractivity contribution in [3.8, 4) is 11.5 Å². The molecule has 2 N–H and O–H groups in total. The molecule has 2 amide bonds. The molecule has 0 radical (unpaired) electrons. The Labute approximate surface area is 198 Å². The molecule has 0 spiro atoms. The number of anilines is 1. The maximum atomic E-state index is 13.6. The fourth-order valence-corrected chi connectivity index (χ4v) is 5.11. The smallest absolute Gasteiger partial charge is 0.344 e. The molecule has 4 atom stereocenters. The van der Waals surface area contributed by atoms with Crippen LogP contribution in [0.2, 0.25) is 19.6 Å². The molecule has 2 unspecified atom stereocenters. The summed E-state index contributed by atoms with van der Waals surface area (Å²) in [5, 5.41) is 4.16. The number of nitrogens with one attached hydrogen (secondary N) is 2. The van der Waals surface area contributed by atoms with Gasteiger partial charge in [-0.1, -0.05) is 31.1 Å². The Morgan fingerprint density at radius 1 is 1.06 bits per heavy atom. The van der Waals surface area contributed by atoms with E-state index in [-0.39, 0.29) is 5.69 Å². The van der Waals surface area contributed by atoms with E-state index >= 15 is 0 Å². The average molecular weight is 521 g/mol. The zero-order valence-corrected chi connectivity index (χ0v) is 20.0. The average Bonchev–Trinajstić information content (AvgIpc) is 3.22. The van der Waals surface area contributed by atoms with Gasteiger partial charge < -0.3 is 10.6 Å². The number of hydrogen-bond acceptors (Lipinski definition) is 2. The standard InChI is InChI=1S/C23H23F7N2O2Si/c1-35(2,3)10-4-5-13-14-7-8-15(13)19(32-21(34)23(28,29)30)18(14)20(33)31-12-6-9-17(24)16(11-12)22(25,26)27/h5-6,9,11,14-15,18-19H,7-8H2,1-3H3,(H,31,33)(H,32,34)/b13-5-/t14?,15?,18-,19+/m0/s1. The lowest BCUT2D eigenvalue weighted by molar-refractivity contribution is -0.175. The third kappa shape index (κ3) is 6.06. The van der Waals surface area contributed by atoms with Crippen LogP contribution < -0.4 is 10.6 Å². The Balaban J connectivity index is 1.94. The number of hydrogen-bond donors (Lipinski definition) is 2. The van der Waals surface area contributed by atoms with Gasteiger partial charge in [0.1, 0.15) is 13.9 Å². The van der Waals surface area contributed by atoms with Crippen LogP contribution in [0.1, 0.15) is 18.4 Å². The third-order valence-corrected chi connectivity index (χ3v) is 6.88. The fraction of sp³-hybridized carbons (Fsp3) is 0.478. The second-order valence-electron chi connectivity index (χ2n) is 9.66. The van der Waals surface area contributed by atoms with Crippen molar-refractivity contribution in [1.29, 1.82) is 0 Å². The number of carbonyl (C=O) groups excluding carboxylic acids is 2. The second kappa shape index (κ2) is 9.33. The first-order chi connectivity index (χ1) is 16.0. The van der Waals surface area contributed by atoms with Gasteiger partial charge in [-0.15, -0.1) is 5.54 Å². The number of amides is 2. The van der Waals surface area contributed by atoms with Gasteiger partial charge >= 0.3 is 18.3 Å². The Morgan fingerprint density at radius 2 is 1.69 bits per heavy atom. The Bertz CT molecular complexity index is 1110. The molecule has 35 heavy (non-hydrogen) atoms. The number of halogens is 7. The van der Waals surface area contributed by atoms with Crippen molar-refractivity contribution in [3.05, 3.63) is 41.2 Å². The first-order valence-electron chi connectivity index (χ1n) is 10.8. The molecule has 2 saturated carbocycles. The largest absolute Gasteiger partial charge is 0.471 e. The minimum absolute atomic E-state index is 0.364. The molecule has 2 aliphatic carbocycles. The highest BCUT2D eigenvalue weighted by molar-refractivity contribution is 6.83. The molecule has 0 aromatic heterocycles. The summed E-state index contributed by atoms with van der Waals surface area (Å²) in [5.74, 6) is -3.96. The molecule has 0 aliphatic heterocycles. The molecule has 1 aromatic rings. The van der Waals surface area contributed by atoms with Crippen molar-refractivity contribution >= 4 is 25.6 Å². The topological polar surface area (TPSA) is 58.2 Å². The van der Waals surface area contributed by atoms with E-state index in [0.717, 1.165) is 6.07 Å². The van der Waals surface area contributed by atoms with Crippen LogP contribution in [0.4, 0.5) is 36.4 Å². The lowest BCUT2D eigenvalue weighted by Crippen LogP contribution is -2.51. The minimum Gasteiger partial charge on any atom is -0.344 e. The Morgan fingerprint density at radius 3 is 2.26 bits per heavy atom. The van der Waals surface area contributed by atoms with Crippen molar-refractivity contribution in [2.24, 2.45) is 17.8 Å². The molecule has 2 fully saturated rings. The summed E-state index contributed by atoms with van der Waals surface area (Å²) in [6, 6.07) is 0.666. The zero-order chi connectivity index (χ0) is 26.3. The van der Waals surface area contributed by atoms with E-state index in [1.165, 1.54) is 0 Å². The summed E-state index contributed by atoms with van der Waals surface area (Å²) >= 11 is 0. The van der Waals surface area contributed by atoms with Crippen LogP contribution in [0.3, 0.4) is 0 Å². The number of alkyl halides is 6. The molecule has 2 aliphatic rings. The predicted octanol–water partition coefficient (Wildman–Crippen LogP) is 5.29. The van der Waals surface area contributed by atoms with Crippen LogP contribution in [0.5, 0.6) is 0 Å². The molecule has 0 saturated heterocycles. The van der Waals surface area contributed by atoms with Crippen LogP contribution in [0.25, 0.3) is 0 Å². The van der Waals surface area contributed by atoms with E-state index in [4.69, 9.17) is 0 Å². The third-order valence-electron chi connectivity index (χ3n) is 5.98. The summed E-state index contributed by atoms with van der Waals surface area (Å²) in [5.41, 5.74) is 1.79. The fourth-order valence-electron chi connectivity index (χ4n) is 4.61. The number of allylic oxidation sites excluding steroid dienone is 1. The minimum atomic E-state index is -5.18. The molecule has 190 valence electrons. The van der Waals surface area contributed by atoms with Crippen molar-refractivity contribution in [1.82, 2.24) is 5.32 Å². The van der Waals surface area contributed by atoms with Gasteiger partial charge in [-0.25, -0.2) is 4.39 Å². The molecule has 4 nitrogen and oxygen atoms in total. The van der Waals surface area contributed by atoms with Crippen LogP contribution >= 0.6 is 0 Å². The highest BCUT2D eigenvalue weighted by Crippen LogP contribution is 2.53. The summed E-state index contributed by atoms with van der Waals surface area (Å²) in [4.78, 5) is 24.8. The SMILES string of the molecule is C[Si](C)(C)C#C/C=C1\C2CCC1[C@H](C(=O)Nc1ccc(F)c(C(F)(F)F)c1)[C@@H]2NC(=O)C(F)(F)F. The first-order valence-corrected chi connectivity index (χ1v) is 14.3. The van der Waals surface area contributed by atoms with Gasteiger partial charge in [-0.05, 0) is 43.0 Å². The van der Waals surface area contributed by atoms with E-state index in [9.17, 15) is 40.3 Å². The van der Waals surface area contributed by atoms with Crippen LogP contribution in [0, 0.1) is 35.0 Å². The summed E-state index contributed by atoms with van der Waals surface area (Å²) < 4.78 is 91.6. The number of benzene rings is 1. The molecule has 3 rings (SSSR count). The second-order valence-corrected chi connectivity index (χ2v) is 14.4. The molecular formula is C23H23F7N2O2Si.